The number of nitrogens with zero attached hydrogens (tertiary/aromatic N) is 5. The van der Waals surface area contributed by atoms with Crippen molar-refractivity contribution in [2.75, 3.05) is 37.6 Å². The van der Waals surface area contributed by atoms with Crippen molar-refractivity contribution < 1.29 is 0 Å². The van der Waals surface area contributed by atoms with Gasteiger partial charge in [-0.25, -0.2) is 9.97 Å². The second kappa shape index (κ2) is 5.68. The standard InChI is InChI=1S/C14H20N6/c1-11(10-15)19-6-8-20(9-7-19)13-3-2-12-14(18-13)17-5-4-16-12/h2-5,11H,6-10,15H2,1H3. The van der Waals surface area contributed by atoms with Crippen LogP contribution in [-0.2, 0) is 0 Å². The smallest absolute Gasteiger partial charge is 0.180 e. The van der Waals surface area contributed by atoms with E-state index >= 15 is 0 Å². The van der Waals surface area contributed by atoms with Gasteiger partial charge >= 0.3 is 0 Å². The third-order valence-corrected chi connectivity index (χ3v) is 3.92. The maximum Gasteiger partial charge on any atom is 0.180 e. The van der Waals surface area contributed by atoms with Crippen LogP contribution in [0.4, 0.5) is 5.82 Å². The average Bonchev–Trinajstić information content (AvgIpc) is 2.54. The molecule has 1 atom stereocenters. The molecule has 1 aliphatic heterocycles. The number of anilines is 1. The van der Waals surface area contributed by atoms with Crippen molar-refractivity contribution in [3.63, 3.8) is 0 Å². The second-order valence-electron chi connectivity index (χ2n) is 5.18. The van der Waals surface area contributed by atoms with E-state index in [9.17, 15) is 0 Å². The van der Waals surface area contributed by atoms with Gasteiger partial charge in [0.25, 0.3) is 0 Å². The first-order valence-electron chi connectivity index (χ1n) is 7.05. The molecular weight excluding hydrogens is 252 g/mol. The number of fused-ring (bicyclic) bond motifs is 1. The third-order valence-electron chi connectivity index (χ3n) is 3.92. The molecule has 2 aromatic rings. The van der Waals surface area contributed by atoms with Gasteiger partial charge in [0.15, 0.2) is 5.65 Å². The maximum absolute atomic E-state index is 5.73. The van der Waals surface area contributed by atoms with Gasteiger partial charge in [0.05, 0.1) is 0 Å². The Kier molecular flexibility index (Phi) is 3.75. The van der Waals surface area contributed by atoms with Crippen LogP contribution >= 0.6 is 0 Å². The molecule has 6 heteroatoms. The predicted octanol–water partition coefficient (Wildman–Crippen LogP) is 0.494. The highest BCUT2D eigenvalue weighted by atomic mass is 15.3. The SMILES string of the molecule is CC(CN)N1CCN(c2ccc3nccnc3n2)CC1. The van der Waals surface area contributed by atoms with Crippen LogP contribution in [0.5, 0.6) is 0 Å². The lowest BCUT2D eigenvalue weighted by molar-refractivity contribution is 0.201. The molecule has 0 radical (unpaired) electrons. The minimum Gasteiger partial charge on any atom is -0.354 e. The zero-order chi connectivity index (χ0) is 13.9. The van der Waals surface area contributed by atoms with Gasteiger partial charge in [-0.1, -0.05) is 0 Å². The fourth-order valence-electron chi connectivity index (χ4n) is 2.56. The van der Waals surface area contributed by atoms with Gasteiger partial charge in [-0.15, -0.1) is 0 Å². The molecule has 0 amide bonds. The Morgan fingerprint density at radius 3 is 2.65 bits per heavy atom. The first kappa shape index (κ1) is 13.2. The van der Waals surface area contributed by atoms with E-state index in [1.165, 1.54) is 0 Å². The molecular formula is C14H20N6. The summed E-state index contributed by atoms with van der Waals surface area (Å²) in [7, 11) is 0. The lowest BCUT2D eigenvalue weighted by atomic mass is 10.2. The molecule has 0 aliphatic carbocycles. The zero-order valence-corrected chi connectivity index (χ0v) is 11.7. The third kappa shape index (κ3) is 2.57. The Morgan fingerprint density at radius 2 is 1.90 bits per heavy atom. The largest absolute Gasteiger partial charge is 0.354 e. The molecule has 0 bridgehead atoms. The molecule has 2 N–H and O–H groups in total. The van der Waals surface area contributed by atoms with E-state index in [0.717, 1.165) is 37.5 Å². The summed E-state index contributed by atoms with van der Waals surface area (Å²) in [6, 6.07) is 4.46. The van der Waals surface area contributed by atoms with Crippen LogP contribution in [0.2, 0.25) is 0 Å². The number of aromatic nitrogens is 3. The van der Waals surface area contributed by atoms with E-state index in [0.29, 0.717) is 18.2 Å². The fourth-order valence-corrected chi connectivity index (χ4v) is 2.56. The van der Waals surface area contributed by atoms with Crippen LogP contribution in [0.15, 0.2) is 24.5 Å². The summed E-state index contributed by atoms with van der Waals surface area (Å²) in [5, 5.41) is 0. The maximum atomic E-state index is 5.73. The molecule has 1 aliphatic rings. The molecule has 1 unspecified atom stereocenters. The van der Waals surface area contributed by atoms with E-state index in [2.05, 4.69) is 31.7 Å². The summed E-state index contributed by atoms with van der Waals surface area (Å²) in [5.74, 6) is 0.984. The number of rotatable bonds is 3. The van der Waals surface area contributed by atoms with E-state index in [1.54, 1.807) is 12.4 Å². The second-order valence-corrected chi connectivity index (χ2v) is 5.18. The summed E-state index contributed by atoms with van der Waals surface area (Å²) < 4.78 is 0. The zero-order valence-electron chi connectivity index (χ0n) is 11.7. The fraction of sp³-hybridized carbons (Fsp3) is 0.500. The molecule has 3 heterocycles. The molecule has 1 fully saturated rings. The summed E-state index contributed by atoms with van der Waals surface area (Å²) >= 11 is 0. The van der Waals surface area contributed by atoms with Crippen LogP contribution in [0.3, 0.4) is 0 Å². The van der Waals surface area contributed by atoms with Gasteiger partial charge in [-0.2, -0.15) is 0 Å². The minimum absolute atomic E-state index is 0.451. The van der Waals surface area contributed by atoms with Crippen LogP contribution in [0.25, 0.3) is 11.2 Å². The molecule has 20 heavy (non-hydrogen) atoms. The van der Waals surface area contributed by atoms with E-state index in [4.69, 9.17) is 5.73 Å². The summed E-state index contributed by atoms with van der Waals surface area (Å²) in [6.07, 6.45) is 3.37. The van der Waals surface area contributed by atoms with Crippen LogP contribution in [0.1, 0.15) is 6.92 Å². The topological polar surface area (TPSA) is 71.2 Å². The van der Waals surface area contributed by atoms with Crippen molar-refractivity contribution in [3.05, 3.63) is 24.5 Å². The number of nitrogens with two attached hydrogens (primary N) is 1. The number of hydrogen-bond donors (Lipinski definition) is 1. The molecule has 2 aromatic heterocycles. The Bertz CT molecular complexity index is 579. The van der Waals surface area contributed by atoms with Gasteiger partial charge < -0.3 is 10.6 Å². The van der Waals surface area contributed by atoms with Crippen LogP contribution in [0, 0.1) is 0 Å². The molecule has 0 aromatic carbocycles. The molecule has 1 saturated heterocycles. The van der Waals surface area contributed by atoms with E-state index in [1.807, 2.05) is 12.1 Å². The number of piperazine rings is 1. The highest BCUT2D eigenvalue weighted by Crippen LogP contribution is 2.17. The lowest BCUT2D eigenvalue weighted by Crippen LogP contribution is -2.51. The molecule has 3 rings (SSSR count). The normalized spacial score (nSPS) is 18.4. The number of pyridine rings is 1. The quantitative estimate of drug-likeness (QED) is 0.877. The van der Waals surface area contributed by atoms with E-state index in [-0.39, 0.29) is 0 Å². The van der Waals surface area contributed by atoms with Crippen molar-refractivity contribution in [2.24, 2.45) is 5.73 Å². The van der Waals surface area contributed by atoms with Crippen molar-refractivity contribution in [1.29, 1.82) is 0 Å². The Balaban J connectivity index is 1.73. The Labute approximate surface area is 118 Å². The number of hydrogen-bond acceptors (Lipinski definition) is 6. The first-order chi connectivity index (χ1) is 9.78. The first-order valence-corrected chi connectivity index (χ1v) is 7.05. The van der Waals surface area contributed by atoms with Crippen molar-refractivity contribution in [1.82, 2.24) is 19.9 Å². The van der Waals surface area contributed by atoms with Crippen molar-refractivity contribution >= 4 is 17.0 Å². The highest BCUT2D eigenvalue weighted by molar-refractivity contribution is 5.71. The molecule has 0 spiro atoms. The van der Waals surface area contributed by atoms with Gasteiger partial charge in [0.2, 0.25) is 0 Å². The summed E-state index contributed by atoms with van der Waals surface area (Å²) in [5.41, 5.74) is 7.28. The Hall–Kier alpha value is -1.79. The monoisotopic (exact) mass is 272 g/mol. The average molecular weight is 272 g/mol. The van der Waals surface area contributed by atoms with Gasteiger partial charge in [-0.05, 0) is 19.1 Å². The predicted molar refractivity (Wildman–Crippen MR) is 79.6 cm³/mol. The van der Waals surface area contributed by atoms with Crippen molar-refractivity contribution in [3.8, 4) is 0 Å². The minimum atomic E-state index is 0.451. The van der Waals surface area contributed by atoms with Gasteiger partial charge in [-0.3, -0.25) is 9.88 Å². The summed E-state index contributed by atoms with van der Waals surface area (Å²) in [6.45, 7) is 6.90. The Morgan fingerprint density at radius 1 is 1.15 bits per heavy atom. The van der Waals surface area contributed by atoms with Crippen molar-refractivity contribution in [2.45, 2.75) is 13.0 Å². The highest BCUT2D eigenvalue weighted by Gasteiger charge is 2.21. The molecule has 0 saturated carbocycles. The van der Waals surface area contributed by atoms with Crippen LogP contribution < -0.4 is 10.6 Å². The summed E-state index contributed by atoms with van der Waals surface area (Å²) in [4.78, 5) is 17.8. The van der Waals surface area contributed by atoms with Gasteiger partial charge in [0.1, 0.15) is 11.3 Å². The van der Waals surface area contributed by atoms with E-state index < -0.39 is 0 Å². The van der Waals surface area contributed by atoms with Crippen LogP contribution in [-0.4, -0.2) is 58.6 Å². The molecule has 6 nitrogen and oxygen atoms in total. The lowest BCUT2D eigenvalue weighted by Gasteiger charge is -2.38. The molecule has 106 valence electrons. The van der Waals surface area contributed by atoms with Gasteiger partial charge in [0, 0.05) is 51.2 Å².